The molecule has 6 nitrogen and oxygen atoms in total. The Hall–Kier alpha value is -1.95. The first-order chi connectivity index (χ1) is 10.2. The number of piperidine rings is 1. The zero-order valence-corrected chi connectivity index (χ0v) is 12.4. The Labute approximate surface area is 125 Å². The molecule has 1 amide bonds. The summed E-state index contributed by atoms with van der Waals surface area (Å²) >= 11 is 0. The van der Waals surface area contributed by atoms with Crippen LogP contribution in [0.25, 0.3) is 6.08 Å². The Bertz CT molecular complexity index is 487. The molecule has 114 valence electrons. The maximum absolute atomic E-state index is 12.2. The largest absolute Gasteiger partial charge is 0.385 e. The molecule has 1 atom stereocenters. The predicted octanol–water partition coefficient (Wildman–Crippen LogP) is 1.35. The highest BCUT2D eigenvalue weighted by Gasteiger charge is 2.21. The summed E-state index contributed by atoms with van der Waals surface area (Å²) in [6.07, 6.45) is 9.74. The number of nitrogen functional groups attached to an aromatic ring is 1. The fourth-order valence-electron chi connectivity index (χ4n) is 2.49. The van der Waals surface area contributed by atoms with Crippen molar-refractivity contribution in [1.82, 2.24) is 14.9 Å². The zero-order valence-electron chi connectivity index (χ0n) is 12.4. The molecule has 0 spiro atoms. The van der Waals surface area contributed by atoms with Crippen LogP contribution in [0.4, 0.5) is 5.95 Å². The first kappa shape index (κ1) is 15.4. The van der Waals surface area contributed by atoms with Crippen LogP contribution in [0.5, 0.6) is 0 Å². The van der Waals surface area contributed by atoms with Gasteiger partial charge in [0.2, 0.25) is 11.9 Å². The van der Waals surface area contributed by atoms with Crippen molar-refractivity contribution >= 4 is 17.9 Å². The van der Waals surface area contributed by atoms with Crippen LogP contribution >= 0.6 is 0 Å². The predicted molar refractivity (Wildman–Crippen MR) is 81.3 cm³/mol. The van der Waals surface area contributed by atoms with E-state index in [2.05, 4.69) is 9.97 Å². The first-order valence-electron chi connectivity index (χ1n) is 7.22. The minimum atomic E-state index is 0.0361. The molecule has 0 radical (unpaired) electrons. The van der Waals surface area contributed by atoms with Gasteiger partial charge in [-0.25, -0.2) is 9.97 Å². The number of methoxy groups -OCH3 is 1. The molecule has 1 saturated heterocycles. The van der Waals surface area contributed by atoms with Crippen molar-refractivity contribution in [2.75, 3.05) is 32.5 Å². The highest BCUT2D eigenvalue weighted by atomic mass is 16.5. The van der Waals surface area contributed by atoms with Gasteiger partial charge in [-0.1, -0.05) is 0 Å². The lowest BCUT2D eigenvalue weighted by molar-refractivity contribution is -0.127. The normalized spacial score (nSPS) is 19.1. The molecule has 0 aromatic carbocycles. The van der Waals surface area contributed by atoms with E-state index in [0.717, 1.165) is 38.1 Å². The summed E-state index contributed by atoms with van der Waals surface area (Å²) in [4.78, 5) is 21.9. The van der Waals surface area contributed by atoms with Gasteiger partial charge in [0.05, 0.1) is 0 Å². The van der Waals surface area contributed by atoms with E-state index in [0.29, 0.717) is 5.92 Å². The number of carbonyl (C=O) groups excluding carboxylic acids is 1. The van der Waals surface area contributed by atoms with E-state index in [1.54, 1.807) is 31.7 Å². The average molecular weight is 290 g/mol. The maximum Gasteiger partial charge on any atom is 0.246 e. The minimum absolute atomic E-state index is 0.0361. The van der Waals surface area contributed by atoms with Gasteiger partial charge in [-0.15, -0.1) is 0 Å². The fourth-order valence-corrected chi connectivity index (χ4v) is 2.49. The van der Waals surface area contributed by atoms with E-state index in [9.17, 15) is 4.79 Å². The lowest BCUT2D eigenvalue weighted by atomic mass is 9.95. The van der Waals surface area contributed by atoms with Crippen LogP contribution in [-0.4, -0.2) is 47.6 Å². The summed E-state index contributed by atoms with van der Waals surface area (Å²) in [5.41, 5.74) is 6.19. The molecule has 1 unspecified atom stereocenters. The van der Waals surface area contributed by atoms with Gasteiger partial charge in [-0.3, -0.25) is 4.79 Å². The molecule has 0 bridgehead atoms. The second kappa shape index (κ2) is 7.73. The van der Waals surface area contributed by atoms with Crippen LogP contribution in [0.15, 0.2) is 18.5 Å². The number of hydrogen-bond donors (Lipinski definition) is 1. The summed E-state index contributed by atoms with van der Waals surface area (Å²) in [5, 5.41) is 0. The van der Waals surface area contributed by atoms with Gasteiger partial charge in [0.15, 0.2) is 0 Å². The lowest BCUT2D eigenvalue weighted by Crippen LogP contribution is -2.39. The Morgan fingerprint density at radius 1 is 1.52 bits per heavy atom. The van der Waals surface area contributed by atoms with E-state index in [-0.39, 0.29) is 11.9 Å². The fraction of sp³-hybridized carbons (Fsp3) is 0.533. The van der Waals surface area contributed by atoms with Gasteiger partial charge in [0.1, 0.15) is 0 Å². The number of likely N-dealkylation sites (tertiary alicyclic amines) is 1. The van der Waals surface area contributed by atoms with E-state index in [4.69, 9.17) is 10.5 Å². The van der Waals surface area contributed by atoms with E-state index in [1.165, 1.54) is 6.42 Å². The summed E-state index contributed by atoms with van der Waals surface area (Å²) in [5.74, 6) is 0.806. The van der Waals surface area contributed by atoms with Gasteiger partial charge in [0.25, 0.3) is 0 Å². The standard InChI is InChI=1S/C15H22N4O2/c1-21-8-6-12-3-2-7-19(11-12)14(20)5-4-13-9-17-15(16)18-10-13/h4-5,9-10,12H,2-3,6-8,11H2,1H3,(H2,16,17,18)/b5-4+. The van der Waals surface area contributed by atoms with Crippen LogP contribution in [0, 0.1) is 5.92 Å². The number of rotatable bonds is 5. The molecule has 0 aliphatic carbocycles. The topological polar surface area (TPSA) is 81.3 Å². The number of hydrogen-bond acceptors (Lipinski definition) is 5. The molecule has 2 N–H and O–H groups in total. The zero-order chi connectivity index (χ0) is 15.1. The summed E-state index contributed by atoms with van der Waals surface area (Å²) in [7, 11) is 1.71. The highest BCUT2D eigenvalue weighted by Crippen LogP contribution is 2.20. The van der Waals surface area contributed by atoms with Crippen LogP contribution in [-0.2, 0) is 9.53 Å². The third-order valence-corrected chi connectivity index (χ3v) is 3.67. The number of ether oxygens (including phenoxy) is 1. The molecular weight excluding hydrogens is 268 g/mol. The molecule has 6 heteroatoms. The number of amides is 1. The number of nitrogens with zero attached hydrogens (tertiary/aromatic N) is 3. The molecule has 1 aromatic rings. The smallest absolute Gasteiger partial charge is 0.246 e. The average Bonchev–Trinajstić information content (AvgIpc) is 2.52. The Balaban J connectivity index is 1.88. The van der Waals surface area contributed by atoms with Crippen LogP contribution in [0.2, 0.25) is 0 Å². The quantitative estimate of drug-likeness (QED) is 0.828. The second-order valence-corrected chi connectivity index (χ2v) is 5.28. The van der Waals surface area contributed by atoms with Crippen molar-refractivity contribution < 1.29 is 9.53 Å². The van der Waals surface area contributed by atoms with Gasteiger partial charge in [-0.2, -0.15) is 0 Å². The monoisotopic (exact) mass is 290 g/mol. The van der Waals surface area contributed by atoms with Crippen molar-refractivity contribution in [3.63, 3.8) is 0 Å². The number of anilines is 1. The van der Waals surface area contributed by atoms with Crippen molar-refractivity contribution in [3.8, 4) is 0 Å². The molecule has 1 aliphatic heterocycles. The van der Waals surface area contributed by atoms with Crippen LogP contribution in [0.1, 0.15) is 24.8 Å². The summed E-state index contributed by atoms with van der Waals surface area (Å²) in [6, 6.07) is 0. The minimum Gasteiger partial charge on any atom is -0.385 e. The second-order valence-electron chi connectivity index (χ2n) is 5.28. The molecule has 1 fully saturated rings. The molecule has 2 rings (SSSR count). The van der Waals surface area contributed by atoms with Crippen LogP contribution in [0.3, 0.4) is 0 Å². The van der Waals surface area contributed by atoms with Crippen molar-refractivity contribution in [1.29, 1.82) is 0 Å². The Morgan fingerprint density at radius 3 is 3.00 bits per heavy atom. The summed E-state index contributed by atoms with van der Waals surface area (Å²) < 4.78 is 5.11. The first-order valence-corrected chi connectivity index (χ1v) is 7.22. The molecule has 1 aliphatic rings. The third kappa shape index (κ3) is 4.82. The number of nitrogens with two attached hydrogens (primary N) is 1. The molecule has 21 heavy (non-hydrogen) atoms. The number of carbonyl (C=O) groups is 1. The van der Waals surface area contributed by atoms with Gasteiger partial charge >= 0.3 is 0 Å². The van der Waals surface area contributed by atoms with Crippen LogP contribution < -0.4 is 5.73 Å². The maximum atomic E-state index is 12.2. The van der Waals surface area contributed by atoms with Gasteiger partial charge in [-0.05, 0) is 31.3 Å². The Morgan fingerprint density at radius 2 is 2.29 bits per heavy atom. The van der Waals surface area contributed by atoms with E-state index < -0.39 is 0 Å². The van der Waals surface area contributed by atoms with Crippen molar-refractivity contribution in [3.05, 3.63) is 24.0 Å². The molecule has 1 aromatic heterocycles. The molecular formula is C15H22N4O2. The van der Waals surface area contributed by atoms with Gasteiger partial charge < -0.3 is 15.4 Å². The lowest BCUT2D eigenvalue weighted by Gasteiger charge is -2.32. The number of aromatic nitrogens is 2. The van der Waals surface area contributed by atoms with E-state index >= 15 is 0 Å². The summed E-state index contributed by atoms with van der Waals surface area (Å²) in [6.45, 7) is 2.39. The Kier molecular flexibility index (Phi) is 5.68. The molecule has 2 heterocycles. The highest BCUT2D eigenvalue weighted by molar-refractivity contribution is 5.91. The van der Waals surface area contributed by atoms with Gasteiger partial charge in [0, 0.05) is 50.8 Å². The van der Waals surface area contributed by atoms with E-state index in [1.807, 2.05) is 4.90 Å². The van der Waals surface area contributed by atoms with Crippen molar-refractivity contribution in [2.24, 2.45) is 5.92 Å². The SMILES string of the molecule is COCCC1CCCN(C(=O)/C=C/c2cnc(N)nc2)C1. The van der Waals surface area contributed by atoms with Crippen molar-refractivity contribution in [2.45, 2.75) is 19.3 Å². The third-order valence-electron chi connectivity index (χ3n) is 3.67. The molecule has 0 saturated carbocycles.